The van der Waals surface area contributed by atoms with Crippen LogP contribution in [0.25, 0.3) is 0 Å². The second kappa shape index (κ2) is 5.68. The van der Waals surface area contributed by atoms with Crippen molar-refractivity contribution in [3.05, 3.63) is 23.7 Å². The van der Waals surface area contributed by atoms with Gasteiger partial charge in [-0.05, 0) is 19.3 Å². The monoisotopic (exact) mass is 253 g/mol. The lowest BCUT2D eigenvalue weighted by atomic mass is 10.1. The number of carbonyl (C=O) groups excluding carboxylic acids is 1. The Kier molecular flexibility index (Phi) is 3.99. The van der Waals surface area contributed by atoms with Crippen LogP contribution < -0.4 is 5.32 Å². The van der Waals surface area contributed by atoms with Crippen LogP contribution in [0.2, 0.25) is 0 Å². The molecule has 2 N–H and O–H groups in total. The molecule has 0 saturated carbocycles. The van der Waals surface area contributed by atoms with Gasteiger partial charge in [0.2, 0.25) is 0 Å². The number of ether oxygens (including phenoxy) is 1. The molecule has 1 aliphatic heterocycles. The molecule has 0 bridgehead atoms. The first-order valence-corrected chi connectivity index (χ1v) is 5.87. The van der Waals surface area contributed by atoms with Gasteiger partial charge in [0.15, 0.2) is 5.76 Å². The van der Waals surface area contributed by atoms with Gasteiger partial charge in [-0.1, -0.05) is 0 Å². The van der Waals surface area contributed by atoms with E-state index in [9.17, 15) is 9.59 Å². The Bertz CT molecular complexity index is 431. The molecule has 18 heavy (non-hydrogen) atoms. The van der Waals surface area contributed by atoms with Gasteiger partial charge in [-0.2, -0.15) is 0 Å². The van der Waals surface area contributed by atoms with E-state index in [0.717, 1.165) is 32.1 Å². The molecule has 1 aromatic heterocycles. The van der Waals surface area contributed by atoms with E-state index in [1.54, 1.807) is 0 Å². The molecule has 1 aliphatic rings. The van der Waals surface area contributed by atoms with Gasteiger partial charge in [0, 0.05) is 25.3 Å². The first-order valence-electron chi connectivity index (χ1n) is 5.87. The van der Waals surface area contributed by atoms with Gasteiger partial charge in [0.25, 0.3) is 5.91 Å². The van der Waals surface area contributed by atoms with Crippen LogP contribution in [0.1, 0.15) is 40.2 Å². The highest BCUT2D eigenvalue weighted by molar-refractivity contribution is 5.95. The van der Waals surface area contributed by atoms with Crippen molar-refractivity contribution in [3.8, 4) is 0 Å². The Hall–Kier alpha value is -1.82. The molecular formula is C12H15NO5. The first kappa shape index (κ1) is 12.6. The predicted molar refractivity (Wildman–Crippen MR) is 61.6 cm³/mol. The summed E-state index contributed by atoms with van der Waals surface area (Å²) in [4.78, 5) is 22.5. The number of rotatable bonds is 3. The fourth-order valence-electron chi connectivity index (χ4n) is 1.87. The molecule has 6 heteroatoms. The molecule has 1 fully saturated rings. The highest BCUT2D eigenvalue weighted by atomic mass is 16.5. The van der Waals surface area contributed by atoms with Crippen molar-refractivity contribution >= 4 is 11.9 Å². The zero-order valence-electron chi connectivity index (χ0n) is 9.85. The zero-order valence-corrected chi connectivity index (χ0v) is 9.85. The number of hydrogen-bond acceptors (Lipinski definition) is 4. The quantitative estimate of drug-likeness (QED) is 0.847. The molecule has 2 rings (SSSR count). The van der Waals surface area contributed by atoms with E-state index in [4.69, 9.17) is 14.3 Å². The Morgan fingerprint density at radius 3 is 2.89 bits per heavy atom. The molecular weight excluding hydrogens is 238 g/mol. The Morgan fingerprint density at radius 2 is 2.17 bits per heavy atom. The minimum Gasteiger partial charge on any atom is -0.478 e. The summed E-state index contributed by atoms with van der Waals surface area (Å²) in [7, 11) is 0. The lowest BCUT2D eigenvalue weighted by molar-refractivity contribution is 0.0695. The number of amides is 1. The van der Waals surface area contributed by atoms with Gasteiger partial charge in [-0.15, -0.1) is 0 Å². The summed E-state index contributed by atoms with van der Waals surface area (Å²) >= 11 is 0. The lowest BCUT2D eigenvalue weighted by Gasteiger charge is -2.14. The Labute approximate surface area is 104 Å². The normalized spacial score (nSPS) is 20.1. The average molecular weight is 253 g/mol. The summed E-state index contributed by atoms with van der Waals surface area (Å²) in [6.07, 6.45) is 3.59. The van der Waals surface area contributed by atoms with Crippen LogP contribution in [-0.4, -0.2) is 36.2 Å². The lowest BCUT2D eigenvalue weighted by Crippen LogP contribution is -2.34. The van der Waals surface area contributed by atoms with E-state index >= 15 is 0 Å². The van der Waals surface area contributed by atoms with Crippen LogP contribution in [0.3, 0.4) is 0 Å². The van der Waals surface area contributed by atoms with E-state index in [-0.39, 0.29) is 23.3 Å². The molecule has 2 heterocycles. The van der Waals surface area contributed by atoms with Gasteiger partial charge in [0.05, 0.1) is 5.56 Å². The summed E-state index contributed by atoms with van der Waals surface area (Å²) in [5, 5.41) is 11.6. The summed E-state index contributed by atoms with van der Waals surface area (Å²) in [5.41, 5.74) is -0.0238. The van der Waals surface area contributed by atoms with Crippen molar-refractivity contribution in [2.75, 3.05) is 13.2 Å². The molecule has 1 amide bonds. The maximum absolute atomic E-state index is 11.8. The fraction of sp³-hybridized carbons (Fsp3) is 0.500. The highest BCUT2D eigenvalue weighted by Gasteiger charge is 2.19. The predicted octanol–water partition coefficient (Wildman–Crippen LogP) is 1.28. The number of carbonyl (C=O) groups is 2. The number of nitrogens with one attached hydrogen (secondary N) is 1. The van der Waals surface area contributed by atoms with Crippen LogP contribution in [0.4, 0.5) is 0 Å². The topological polar surface area (TPSA) is 88.8 Å². The van der Waals surface area contributed by atoms with Crippen LogP contribution in [0.15, 0.2) is 16.7 Å². The van der Waals surface area contributed by atoms with Gasteiger partial charge < -0.3 is 19.6 Å². The minimum atomic E-state index is -1.11. The molecule has 6 nitrogen and oxygen atoms in total. The number of aromatic carboxylic acids is 1. The first-order chi connectivity index (χ1) is 8.66. The average Bonchev–Trinajstić information content (AvgIpc) is 2.70. The van der Waals surface area contributed by atoms with Crippen LogP contribution >= 0.6 is 0 Å². The van der Waals surface area contributed by atoms with Crippen LogP contribution in [-0.2, 0) is 4.74 Å². The number of carboxylic acids is 1. The Morgan fingerprint density at radius 1 is 1.33 bits per heavy atom. The number of furan rings is 1. The maximum atomic E-state index is 11.8. The molecule has 0 radical (unpaired) electrons. The third kappa shape index (κ3) is 3.10. The maximum Gasteiger partial charge on any atom is 0.338 e. The molecule has 0 spiro atoms. The fourth-order valence-corrected chi connectivity index (χ4v) is 1.87. The second-order valence-electron chi connectivity index (χ2n) is 4.22. The molecule has 98 valence electrons. The van der Waals surface area contributed by atoms with E-state index in [2.05, 4.69) is 5.32 Å². The molecule has 1 saturated heterocycles. The molecule has 1 atom stereocenters. The zero-order chi connectivity index (χ0) is 13.0. The van der Waals surface area contributed by atoms with E-state index in [1.165, 1.54) is 6.07 Å². The van der Waals surface area contributed by atoms with Gasteiger partial charge in [-0.25, -0.2) is 4.79 Å². The largest absolute Gasteiger partial charge is 0.478 e. The third-order valence-corrected chi connectivity index (χ3v) is 2.86. The standard InChI is InChI=1S/C12H15NO5/c14-11(10-6-8(7-18-10)12(15)16)13-9-2-1-4-17-5-3-9/h6-7,9H,1-5H2,(H,13,14)(H,15,16). The summed E-state index contributed by atoms with van der Waals surface area (Å²) in [6.45, 7) is 1.35. The van der Waals surface area contributed by atoms with Crippen molar-refractivity contribution in [2.24, 2.45) is 0 Å². The molecule has 0 aromatic carbocycles. The number of hydrogen-bond donors (Lipinski definition) is 2. The summed E-state index contributed by atoms with van der Waals surface area (Å²) in [5.74, 6) is -1.47. The minimum absolute atomic E-state index is 0.0238. The van der Waals surface area contributed by atoms with Crippen LogP contribution in [0, 0.1) is 0 Å². The van der Waals surface area contributed by atoms with Gasteiger partial charge >= 0.3 is 5.97 Å². The molecule has 1 aromatic rings. The van der Waals surface area contributed by atoms with Gasteiger partial charge in [-0.3, -0.25) is 4.79 Å². The van der Waals surface area contributed by atoms with Crippen molar-refractivity contribution in [1.29, 1.82) is 0 Å². The Balaban J connectivity index is 1.95. The van der Waals surface area contributed by atoms with Crippen LogP contribution in [0.5, 0.6) is 0 Å². The second-order valence-corrected chi connectivity index (χ2v) is 4.22. The SMILES string of the molecule is O=C(O)c1coc(C(=O)NC2CCCOCC2)c1. The third-order valence-electron chi connectivity index (χ3n) is 2.86. The number of carboxylic acid groups (broad SMARTS) is 1. The van der Waals surface area contributed by atoms with Gasteiger partial charge in [0.1, 0.15) is 6.26 Å². The smallest absolute Gasteiger partial charge is 0.338 e. The summed E-state index contributed by atoms with van der Waals surface area (Å²) in [6, 6.07) is 1.28. The van der Waals surface area contributed by atoms with Crippen molar-refractivity contribution < 1.29 is 23.8 Å². The van der Waals surface area contributed by atoms with Crippen molar-refractivity contribution in [2.45, 2.75) is 25.3 Å². The van der Waals surface area contributed by atoms with E-state index < -0.39 is 5.97 Å². The molecule has 0 aliphatic carbocycles. The van der Waals surface area contributed by atoms with Crippen molar-refractivity contribution in [3.63, 3.8) is 0 Å². The summed E-state index contributed by atoms with van der Waals surface area (Å²) < 4.78 is 10.2. The van der Waals surface area contributed by atoms with Crippen molar-refractivity contribution in [1.82, 2.24) is 5.32 Å². The highest BCUT2D eigenvalue weighted by Crippen LogP contribution is 2.11. The molecule has 1 unspecified atom stereocenters. The van der Waals surface area contributed by atoms with E-state index in [1.807, 2.05) is 0 Å². The van der Waals surface area contributed by atoms with E-state index in [0.29, 0.717) is 6.61 Å².